The summed E-state index contributed by atoms with van der Waals surface area (Å²) in [5.41, 5.74) is 4.77. The summed E-state index contributed by atoms with van der Waals surface area (Å²) in [7, 11) is 0. The van der Waals surface area contributed by atoms with Crippen LogP contribution in [-0.4, -0.2) is 13.1 Å². The Kier molecular flexibility index (Phi) is 3.88. The summed E-state index contributed by atoms with van der Waals surface area (Å²) in [6.45, 7) is 11.6. The number of benzene rings is 1. The van der Waals surface area contributed by atoms with Gasteiger partial charge < -0.3 is 5.32 Å². The van der Waals surface area contributed by atoms with Gasteiger partial charge in [0, 0.05) is 6.54 Å². The fourth-order valence-corrected chi connectivity index (χ4v) is 2.96. The van der Waals surface area contributed by atoms with Crippen LogP contribution in [0.4, 0.5) is 0 Å². The maximum absolute atomic E-state index is 3.59. The summed E-state index contributed by atoms with van der Waals surface area (Å²) in [5, 5.41) is 3.59. The van der Waals surface area contributed by atoms with E-state index >= 15 is 0 Å². The van der Waals surface area contributed by atoms with Crippen LogP contribution < -0.4 is 5.32 Å². The first-order chi connectivity index (χ1) is 8.11. The monoisotopic (exact) mass is 231 g/mol. The highest BCUT2D eigenvalue weighted by Gasteiger charge is 2.24. The van der Waals surface area contributed by atoms with Crippen LogP contribution >= 0.6 is 0 Å². The molecule has 0 fully saturated rings. The van der Waals surface area contributed by atoms with Gasteiger partial charge in [0.15, 0.2) is 0 Å². The fourth-order valence-electron chi connectivity index (χ4n) is 2.96. The average Bonchev–Trinajstić information content (AvgIpc) is 2.50. The lowest BCUT2D eigenvalue weighted by molar-refractivity contribution is 0.471. The summed E-state index contributed by atoms with van der Waals surface area (Å²) in [6.07, 6.45) is 1.18. The van der Waals surface area contributed by atoms with E-state index in [1.165, 1.54) is 6.42 Å². The molecular weight excluding hydrogens is 206 g/mol. The second-order valence-corrected chi connectivity index (χ2v) is 5.88. The first-order valence-corrected chi connectivity index (χ1v) is 6.93. The highest BCUT2D eigenvalue weighted by Crippen LogP contribution is 2.34. The third kappa shape index (κ3) is 2.55. The number of hydrogen-bond donors (Lipinski definition) is 1. The van der Waals surface area contributed by atoms with Gasteiger partial charge >= 0.3 is 0 Å². The van der Waals surface area contributed by atoms with Gasteiger partial charge in [-0.15, -0.1) is 0 Å². The van der Waals surface area contributed by atoms with Gasteiger partial charge in [-0.3, -0.25) is 0 Å². The molecule has 0 aliphatic carbocycles. The molecule has 0 spiro atoms. The third-order valence-electron chi connectivity index (χ3n) is 3.96. The van der Waals surface area contributed by atoms with Crippen molar-refractivity contribution >= 4 is 0 Å². The van der Waals surface area contributed by atoms with E-state index in [0.29, 0.717) is 17.8 Å². The number of hydrogen-bond acceptors (Lipinski definition) is 1. The molecule has 1 aromatic rings. The Balaban J connectivity index is 2.52. The standard InChI is InChI=1S/C16H25N/c1-11(2)14-7-5-6-13-8-9-17-10-15(12(3)4)16(13)14/h5-7,11-12,15,17H,8-10H2,1-4H3. The number of fused-ring (bicyclic) bond motifs is 1. The molecular formula is C16H25N. The quantitative estimate of drug-likeness (QED) is 0.818. The Labute approximate surface area is 106 Å². The van der Waals surface area contributed by atoms with Gasteiger partial charge in [-0.25, -0.2) is 0 Å². The molecule has 0 amide bonds. The van der Waals surface area contributed by atoms with Crippen molar-refractivity contribution < 1.29 is 0 Å². The Morgan fingerprint density at radius 2 is 1.94 bits per heavy atom. The molecule has 94 valence electrons. The van der Waals surface area contributed by atoms with E-state index in [-0.39, 0.29) is 0 Å². The zero-order chi connectivity index (χ0) is 12.4. The van der Waals surface area contributed by atoms with Crippen LogP contribution in [-0.2, 0) is 6.42 Å². The fraction of sp³-hybridized carbons (Fsp3) is 0.625. The van der Waals surface area contributed by atoms with Gasteiger partial charge in [0.25, 0.3) is 0 Å². The van der Waals surface area contributed by atoms with E-state index in [9.17, 15) is 0 Å². The summed E-state index contributed by atoms with van der Waals surface area (Å²) >= 11 is 0. The van der Waals surface area contributed by atoms with E-state index in [1.807, 2.05) is 0 Å². The summed E-state index contributed by atoms with van der Waals surface area (Å²) in [6, 6.07) is 6.88. The lowest BCUT2D eigenvalue weighted by atomic mass is 9.80. The van der Waals surface area contributed by atoms with Gasteiger partial charge in [0.2, 0.25) is 0 Å². The molecule has 1 aliphatic heterocycles. The molecule has 0 aromatic heterocycles. The Morgan fingerprint density at radius 1 is 1.18 bits per heavy atom. The molecule has 1 N–H and O–H groups in total. The van der Waals surface area contributed by atoms with Crippen LogP contribution in [0.25, 0.3) is 0 Å². The molecule has 1 heterocycles. The van der Waals surface area contributed by atoms with Crippen molar-refractivity contribution in [3.63, 3.8) is 0 Å². The van der Waals surface area contributed by atoms with Crippen molar-refractivity contribution in [1.82, 2.24) is 5.32 Å². The molecule has 0 saturated heterocycles. The predicted octanol–water partition coefficient (Wildman–Crippen LogP) is 3.70. The molecule has 17 heavy (non-hydrogen) atoms. The number of nitrogens with one attached hydrogen (secondary N) is 1. The van der Waals surface area contributed by atoms with Crippen molar-refractivity contribution in [2.24, 2.45) is 5.92 Å². The van der Waals surface area contributed by atoms with Crippen LogP contribution in [0.2, 0.25) is 0 Å². The molecule has 1 heteroatoms. The normalized spacial score (nSPS) is 20.5. The van der Waals surface area contributed by atoms with E-state index in [0.717, 1.165) is 13.1 Å². The van der Waals surface area contributed by atoms with E-state index < -0.39 is 0 Å². The Bertz CT molecular complexity index is 379. The summed E-state index contributed by atoms with van der Waals surface area (Å²) < 4.78 is 0. The molecule has 0 saturated carbocycles. The molecule has 0 radical (unpaired) electrons. The van der Waals surface area contributed by atoms with E-state index in [4.69, 9.17) is 0 Å². The summed E-state index contributed by atoms with van der Waals surface area (Å²) in [4.78, 5) is 0. The topological polar surface area (TPSA) is 12.0 Å². The molecule has 0 bridgehead atoms. The zero-order valence-electron chi connectivity index (χ0n) is 11.6. The molecule has 2 rings (SSSR count). The largest absolute Gasteiger partial charge is 0.316 e. The molecule has 1 atom stereocenters. The van der Waals surface area contributed by atoms with Gasteiger partial charge in [-0.2, -0.15) is 0 Å². The first kappa shape index (κ1) is 12.6. The average molecular weight is 231 g/mol. The smallest absolute Gasteiger partial charge is 0.00229 e. The van der Waals surface area contributed by atoms with Crippen LogP contribution in [0.15, 0.2) is 18.2 Å². The predicted molar refractivity (Wildman–Crippen MR) is 74.7 cm³/mol. The molecule has 1 aromatic carbocycles. The Hall–Kier alpha value is -0.820. The third-order valence-corrected chi connectivity index (χ3v) is 3.96. The van der Waals surface area contributed by atoms with Crippen molar-refractivity contribution in [1.29, 1.82) is 0 Å². The van der Waals surface area contributed by atoms with Crippen molar-refractivity contribution in [3.05, 3.63) is 34.9 Å². The SMILES string of the molecule is CC(C)c1cccc2c1C(C(C)C)CNCC2. The maximum Gasteiger partial charge on any atom is 0.00229 e. The van der Waals surface area contributed by atoms with Crippen molar-refractivity contribution in [2.75, 3.05) is 13.1 Å². The second kappa shape index (κ2) is 5.22. The molecule has 1 unspecified atom stereocenters. The zero-order valence-corrected chi connectivity index (χ0v) is 11.6. The highest BCUT2D eigenvalue weighted by atomic mass is 14.9. The van der Waals surface area contributed by atoms with Crippen LogP contribution in [0, 0.1) is 5.92 Å². The first-order valence-electron chi connectivity index (χ1n) is 6.93. The van der Waals surface area contributed by atoms with Gasteiger partial charge in [0.1, 0.15) is 0 Å². The minimum absolute atomic E-state index is 0.629. The lowest BCUT2D eigenvalue weighted by Gasteiger charge is -2.26. The minimum Gasteiger partial charge on any atom is -0.316 e. The lowest BCUT2D eigenvalue weighted by Crippen LogP contribution is -2.23. The second-order valence-electron chi connectivity index (χ2n) is 5.88. The number of rotatable bonds is 2. The van der Waals surface area contributed by atoms with E-state index in [2.05, 4.69) is 51.2 Å². The van der Waals surface area contributed by atoms with Crippen LogP contribution in [0.3, 0.4) is 0 Å². The maximum atomic E-state index is 3.59. The van der Waals surface area contributed by atoms with Gasteiger partial charge in [0.05, 0.1) is 0 Å². The van der Waals surface area contributed by atoms with Crippen LogP contribution in [0.1, 0.15) is 56.2 Å². The van der Waals surface area contributed by atoms with Gasteiger partial charge in [-0.1, -0.05) is 45.9 Å². The van der Waals surface area contributed by atoms with Crippen molar-refractivity contribution in [2.45, 2.75) is 46.0 Å². The Morgan fingerprint density at radius 3 is 2.59 bits per heavy atom. The highest BCUT2D eigenvalue weighted by molar-refractivity contribution is 5.41. The van der Waals surface area contributed by atoms with E-state index in [1.54, 1.807) is 16.7 Å². The molecule has 1 nitrogen and oxygen atoms in total. The van der Waals surface area contributed by atoms with Gasteiger partial charge in [-0.05, 0) is 47.4 Å². The van der Waals surface area contributed by atoms with Crippen molar-refractivity contribution in [3.8, 4) is 0 Å². The van der Waals surface area contributed by atoms with Crippen LogP contribution in [0.5, 0.6) is 0 Å². The minimum atomic E-state index is 0.629. The summed E-state index contributed by atoms with van der Waals surface area (Å²) in [5.74, 6) is 2.01. The molecule has 1 aliphatic rings.